The summed E-state index contributed by atoms with van der Waals surface area (Å²) in [7, 11) is 0. The van der Waals surface area contributed by atoms with Crippen molar-refractivity contribution in [2.45, 2.75) is 13.8 Å². The van der Waals surface area contributed by atoms with E-state index in [4.69, 9.17) is 32.5 Å². The molecule has 7 heteroatoms. The van der Waals surface area contributed by atoms with Crippen LogP contribution in [-0.2, 0) is 0 Å². The lowest BCUT2D eigenvalue weighted by Crippen LogP contribution is -2.14. The third-order valence-electron chi connectivity index (χ3n) is 2.41. The highest BCUT2D eigenvalue weighted by Gasteiger charge is 2.18. The molecule has 1 amide bonds. The van der Waals surface area contributed by atoms with Gasteiger partial charge in [-0.3, -0.25) is 4.79 Å². The molecular weight excluding hydrogens is 303 g/mol. The van der Waals surface area contributed by atoms with Gasteiger partial charge in [0.25, 0.3) is 5.91 Å². The number of amides is 1. The van der Waals surface area contributed by atoms with E-state index in [1.807, 2.05) is 0 Å². The van der Waals surface area contributed by atoms with Gasteiger partial charge in [-0.1, -0.05) is 28.4 Å². The van der Waals surface area contributed by atoms with Crippen molar-refractivity contribution in [2.24, 2.45) is 0 Å². The number of halogens is 2. The topological polar surface area (TPSA) is 64.4 Å². The van der Waals surface area contributed by atoms with E-state index >= 15 is 0 Å². The van der Waals surface area contributed by atoms with Crippen LogP contribution in [0.2, 0.25) is 10.0 Å². The second-order valence-electron chi connectivity index (χ2n) is 3.97. The number of aryl methyl sites for hydroxylation is 1. The molecule has 1 heterocycles. The van der Waals surface area contributed by atoms with Gasteiger partial charge in [-0.15, -0.1) is 0 Å². The largest absolute Gasteiger partial charge is 0.491 e. The Balaban J connectivity index is 2.32. The van der Waals surface area contributed by atoms with Crippen LogP contribution in [0.5, 0.6) is 5.75 Å². The molecule has 0 fully saturated rings. The highest BCUT2D eigenvalue weighted by atomic mass is 35.5. The molecule has 0 atom stereocenters. The number of carbonyl (C=O) groups is 1. The average Bonchev–Trinajstić information content (AvgIpc) is 2.77. The molecule has 106 valence electrons. The van der Waals surface area contributed by atoms with Crippen LogP contribution in [0, 0.1) is 6.92 Å². The van der Waals surface area contributed by atoms with E-state index in [9.17, 15) is 4.79 Å². The molecule has 0 aliphatic heterocycles. The molecule has 1 aromatic carbocycles. The SMILES string of the molecule is CCOc1c(Cl)cc(Cl)cc1C(=O)Nc1cc(C)on1. The average molecular weight is 315 g/mol. The Bertz CT molecular complexity index is 641. The number of hydrogen-bond donors (Lipinski definition) is 1. The summed E-state index contributed by atoms with van der Waals surface area (Å²) < 4.78 is 10.3. The molecule has 1 aromatic heterocycles. The zero-order valence-electron chi connectivity index (χ0n) is 10.9. The van der Waals surface area contributed by atoms with Gasteiger partial charge in [-0.25, -0.2) is 0 Å². The van der Waals surface area contributed by atoms with Crippen LogP contribution in [0.25, 0.3) is 0 Å². The van der Waals surface area contributed by atoms with Gasteiger partial charge in [-0.05, 0) is 26.0 Å². The fraction of sp³-hybridized carbons (Fsp3) is 0.231. The fourth-order valence-electron chi connectivity index (χ4n) is 1.63. The number of aromatic nitrogens is 1. The van der Waals surface area contributed by atoms with Gasteiger partial charge >= 0.3 is 0 Å². The molecule has 2 rings (SSSR count). The summed E-state index contributed by atoms with van der Waals surface area (Å²) in [6.45, 7) is 3.91. The number of ether oxygens (including phenoxy) is 1. The zero-order valence-corrected chi connectivity index (χ0v) is 12.4. The Morgan fingerprint density at radius 3 is 2.75 bits per heavy atom. The van der Waals surface area contributed by atoms with E-state index in [2.05, 4.69) is 10.5 Å². The smallest absolute Gasteiger partial charge is 0.260 e. The van der Waals surface area contributed by atoms with Crippen LogP contribution >= 0.6 is 23.2 Å². The molecule has 20 heavy (non-hydrogen) atoms. The Morgan fingerprint density at radius 2 is 2.15 bits per heavy atom. The maximum Gasteiger partial charge on any atom is 0.260 e. The third kappa shape index (κ3) is 3.23. The van der Waals surface area contributed by atoms with Crippen LogP contribution in [0.15, 0.2) is 22.7 Å². The van der Waals surface area contributed by atoms with E-state index in [0.717, 1.165) is 0 Å². The van der Waals surface area contributed by atoms with Crippen LogP contribution in [0.4, 0.5) is 5.82 Å². The molecule has 2 aromatic rings. The van der Waals surface area contributed by atoms with Gasteiger partial charge in [0.2, 0.25) is 0 Å². The highest BCUT2D eigenvalue weighted by Crippen LogP contribution is 2.33. The van der Waals surface area contributed by atoms with Crippen molar-refractivity contribution in [2.75, 3.05) is 11.9 Å². The van der Waals surface area contributed by atoms with Crippen molar-refractivity contribution < 1.29 is 14.1 Å². The fourth-order valence-corrected chi connectivity index (χ4v) is 2.18. The summed E-state index contributed by atoms with van der Waals surface area (Å²) in [6.07, 6.45) is 0. The minimum atomic E-state index is -0.425. The molecule has 0 unspecified atom stereocenters. The lowest BCUT2D eigenvalue weighted by atomic mass is 10.2. The third-order valence-corrected chi connectivity index (χ3v) is 2.91. The van der Waals surface area contributed by atoms with Crippen LogP contribution in [0.3, 0.4) is 0 Å². The Morgan fingerprint density at radius 1 is 1.40 bits per heavy atom. The number of benzene rings is 1. The molecule has 0 radical (unpaired) electrons. The molecule has 1 N–H and O–H groups in total. The number of carbonyl (C=O) groups excluding carboxylic acids is 1. The summed E-state index contributed by atoms with van der Waals surface area (Å²) >= 11 is 12.0. The predicted octanol–water partition coefficient (Wildman–Crippen LogP) is 3.94. The zero-order chi connectivity index (χ0) is 14.7. The molecule has 0 saturated heterocycles. The normalized spacial score (nSPS) is 10.4. The number of rotatable bonds is 4. The number of nitrogens with one attached hydrogen (secondary N) is 1. The number of anilines is 1. The molecule has 5 nitrogen and oxygen atoms in total. The van der Waals surface area contributed by atoms with Crippen molar-refractivity contribution in [1.82, 2.24) is 5.16 Å². The van der Waals surface area contributed by atoms with Crippen molar-refractivity contribution in [1.29, 1.82) is 0 Å². The molecule has 0 aliphatic carbocycles. The lowest BCUT2D eigenvalue weighted by molar-refractivity contribution is 0.102. The Hall–Kier alpha value is -1.72. The molecule has 0 aliphatic rings. The minimum absolute atomic E-state index is 0.241. The molecule has 0 spiro atoms. The van der Waals surface area contributed by atoms with E-state index in [0.29, 0.717) is 23.2 Å². The van der Waals surface area contributed by atoms with Crippen LogP contribution < -0.4 is 10.1 Å². The first-order valence-electron chi connectivity index (χ1n) is 5.87. The second kappa shape index (κ2) is 6.15. The first-order chi connectivity index (χ1) is 9.51. The summed E-state index contributed by atoms with van der Waals surface area (Å²) in [5.41, 5.74) is 0.241. The standard InChI is InChI=1S/C13H12Cl2N2O3/c1-3-19-12-9(5-8(14)6-10(12)15)13(18)16-11-4-7(2)20-17-11/h4-6H,3H2,1-2H3,(H,16,17,18). The van der Waals surface area contributed by atoms with E-state index < -0.39 is 5.91 Å². The van der Waals surface area contributed by atoms with Gasteiger partial charge in [-0.2, -0.15) is 0 Å². The summed E-state index contributed by atoms with van der Waals surface area (Å²) in [5.74, 6) is 0.767. The van der Waals surface area contributed by atoms with Crippen LogP contribution in [0.1, 0.15) is 23.0 Å². The van der Waals surface area contributed by atoms with Crippen LogP contribution in [-0.4, -0.2) is 17.7 Å². The van der Waals surface area contributed by atoms with Gasteiger partial charge < -0.3 is 14.6 Å². The molecule has 0 saturated carbocycles. The Kier molecular flexibility index (Phi) is 4.52. The van der Waals surface area contributed by atoms with Crippen molar-refractivity contribution in [3.05, 3.63) is 39.6 Å². The highest BCUT2D eigenvalue weighted by molar-refractivity contribution is 6.36. The maximum absolute atomic E-state index is 12.2. The van der Waals surface area contributed by atoms with Gasteiger partial charge in [0.1, 0.15) is 5.76 Å². The molecular formula is C13H12Cl2N2O3. The lowest BCUT2D eigenvalue weighted by Gasteiger charge is -2.11. The Labute approximate surface area is 125 Å². The summed E-state index contributed by atoms with van der Waals surface area (Å²) in [4.78, 5) is 12.2. The summed E-state index contributed by atoms with van der Waals surface area (Å²) in [6, 6.07) is 4.61. The first kappa shape index (κ1) is 14.7. The monoisotopic (exact) mass is 314 g/mol. The van der Waals surface area contributed by atoms with Crippen molar-refractivity contribution in [3.8, 4) is 5.75 Å². The summed E-state index contributed by atoms with van der Waals surface area (Å²) in [5, 5.41) is 6.90. The first-order valence-corrected chi connectivity index (χ1v) is 6.63. The number of nitrogens with zero attached hydrogens (tertiary/aromatic N) is 1. The van der Waals surface area contributed by atoms with Crippen molar-refractivity contribution in [3.63, 3.8) is 0 Å². The second-order valence-corrected chi connectivity index (χ2v) is 4.82. The van der Waals surface area contributed by atoms with E-state index in [-0.39, 0.29) is 16.3 Å². The van der Waals surface area contributed by atoms with E-state index in [1.54, 1.807) is 19.9 Å². The predicted molar refractivity (Wildman–Crippen MR) is 76.8 cm³/mol. The minimum Gasteiger partial charge on any atom is -0.491 e. The quantitative estimate of drug-likeness (QED) is 0.928. The van der Waals surface area contributed by atoms with E-state index in [1.165, 1.54) is 12.1 Å². The maximum atomic E-state index is 12.2. The van der Waals surface area contributed by atoms with Gasteiger partial charge in [0.05, 0.1) is 17.2 Å². The van der Waals surface area contributed by atoms with Gasteiger partial charge in [0, 0.05) is 11.1 Å². The number of hydrogen-bond acceptors (Lipinski definition) is 4. The molecule has 0 bridgehead atoms. The van der Waals surface area contributed by atoms with Crippen molar-refractivity contribution >= 4 is 34.9 Å². The van der Waals surface area contributed by atoms with Gasteiger partial charge in [0.15, 0.2) is 11.6 Å².